The number of carbonyl (C=O) groups excluding carboxylic acids is 2. The molecule has 0 unspecified atom stereocenters. The highest BCUT2D eigenvalue weighted by Gasteiger charge is 2.37. The Labute approximate surface area is 197 Å². The van der Waals surface area contributed by atoms with Crippen LogP contribution in [0.5, 0.6) is 0 Å². The number of nitrogens with two attached hydrogens (primary N) is 2. The van der Waals surface area contributed by atoms with Gasteiger partial charge in [0.25, 0.3) is 15.6 Å². The van der Waals surface area contributed by atoms with Crippen LogP contribution in [0.2, 0.25) is 0 Å². The van der Waals surface area contributed by atoms with Crippen molar-refractivity contribution in [3.05, 3.63) is 70.3 Å². The lowest BCUT2D eigenvalue weighted by molar-refractivity contribution is -0.139. The molecule has 0 spiro atoms. The number of aromatic nitrogens is 1. The molecule has 0 saturated heterocycles. The molecule has 0 aliphatic carbocycles. The van der Waals surface area contributed by atoms with E-state index < -0.39 is 50.4 Å². The molecule has 0 aliphatic heterocycles. The summed E-state index contributed by atoms with van der Waals surface area (Å²) in [6, 6.07) is 5.72. The van der Waals surface area contributed by atoms with E-state index in [9.17, 15) is 36.0 Å². The zero-order valence-electron chi connectivity index (χ0n) is 17.9. The van der Waals surface area contributed by atoms with E-state index in [1.807, 2.05) is 4.72 Å². The summed E-state index contributed by atoms with van der Waals surface area (Å²) in [6.07, 6.45) is -1.86. The van der Waals surface area contributed by atoms with Crippen molar-refractivity contribution in [3.8, 4) is 0 Å². The van der Waals surface area contributed by atoms with E-state index in [0.717, 1.165) is 35.0 Å². The van der Waals surface area contributed by atoms with E-state index in [-0.39, 0.29) is 24.6 Å². The van der Waals surface area contributed by atoms with Gasteiger partial charge in [-0.05, 0) is 30.7 Å². The second-order valence-corrected chi connectivity index (χ2v) is 8.53. The Morgan fingerprint density at radius 3 is 2.46 bits per heavy atom. The summed E-state index contributed by atoms with van der Waals surface area (Å²) < 4.78 is 67.5. The van der Waals surface area contributed by atoms with Crippen LogP contribution in [-0.4, -0.2) is 37.7 Å². The monoisotopic (exact) mass is 514 g/mol. The van der Waals surface area contributed by atoms with Gasteiger partial charge in [-0.1, -0.05) is 18.2 Å². The Morgan fingerprint density at radius 2 is 1.83 bits per heavy atom. The van der Waals surface area contributed by atoms with Crippen LogP contribution < -0.4 is 27.1 Å². The minimum absolute atomic E-state index is 0.116. The van der Waals surface area contributed by atoms with Gasteiger partial charge in [0.15, 0.2) is 12.2 Å². The number of halogens is 3. The number of alkyl halides is 3. The van der Waals surface area contributed by atoms with Crippen LogP contribution in [0, 0.1) is 0 Å². The number of hydrogen-bond donors (Lipinski definition) is 4. The number of guanidine groups is 1. The first-order valence-corrected chi connectivity index (χ1v) is 11.2. The van der Waals surface area contributed by atoms with E-state index in [4.69, 9.17) is 11.5 Å². The molecule has 11 nitrogen and oxygen atoms in total. The van der Waals surface area contributed by atoms with Crippen molar-refractivity contribution in [3.63, 3.8) is 0 Å². The average molecular weight is 514 g/mol. The first kappa shape index (κ1) is 27.1. The number of allylic oxidation sites excluding steroid dienone is 1. The molecule has 0 radical (unpaired) electrons. The smallest absolute Gasteiger partial charge is 0.370 e. The Balaban J connectivity index is 2.21. The molecule has 35 heavy (non-hydrogen) atoms. The molecule has 6 N–H and O–H groups in total. The molecule has 0 aliphatic rings. The zero-order chi connectivity index (χ0) is 26.2. The molecule has 2 rings (SSSR count). The van der Waals surface area contributed by atoms with E-state index in [1.54, 1.807) is 0 Å². The lowest BCUT2D eigenvalue weighted by Gasteiger charge is -2.14. The van der Waals surface area contributed by atoms with Gasteiger partial charge in [-0.25, -0.2) is 8.42 Å². The summed E-state index contributed by atoms with van der Waals surface area (Å²) in [4.78, 5) is 38.7. The summed E-state index contributed by atoms with van der Waals surface area (Å²) in [5, 5.41) is 2.27. The fourth-order valence-electron chi connectivity index (χ4n) is 2.77. The van der Waals surface area contributed by atoms with Crippen molar-refractivity contribution in [1.82, 2.24) is 9.88 Å². The van der Waals surface area contributed by atoms with Crippen molar-refractivity contribution in [2.75, 3.05) is 11.3 Å². The van der Waals surface area contributed by atoms with E-state index in [2.05, 4.69) is 10.3 Å². The zero-order valence-corrected chi connectivity index (χ0v) is 18.8. The molecule has 1 heterocycles. The second-order valence-electron chi connectivity index (χ2n) is 6.88. The van der Waals surface area contributed by atoms with Gasteiger partial charge in [-0.15, -0.1) is 0 Å². The minimum atomic E-state index is -4.95. The van der Waals surface area contributed by atoms with Crippen LogP contribution in [0.15, 0.2) is 69.1 Å². The predicted molar refractivity (Wildman–Crippen MR) is 121 cm³/mol. The third kappa shape index (κ3) is 7.70. The first-order valence-electron chi connectivity index (χ1n) is 9.74. The van der Waals surface area contributed by atoms with Crippen molar-refractivity contribution in [2.24, 2.45) is 16.5 Å². The number of benzene rings is 1. The average Bonchev–Trinajstić information content (AvgIpc) is 2.77. The van der Waals surface area contributed by atoms with Crippen LogP contribution in [0.1, 0.15) is 12.0 Å². The normalized spacial score (nSPS) is 12.0. The van der Waals surface area contributed by atoms with Crippen molar-refractivity contribution in [1.29, 1.82) is 0 Å². The number of hydrogen-bond acceptors (Lipinski definition) is 6. The molecule has 15 heteroatoms. The number of anilines is 1. The molecule has 1 aromatic heterocycles. The highest BCUT2D eigenvalue weighted by Crippen LogP contribution is 2.34. The number of nitrogens with one attached hydrogen (secondary N) is 2. The second kappa shape index (κ2) is 11.3. The van der Waals surface area contributed by atoms with Gasteiger partial charge in [0.2, 0.25) is 5.91 Å². The molecule has 1 aromatic carbocycles. The summed E-state index contributed by atoms with van der Waals surface area (Å²) in [5.41, 5.74) is 7.25. The number of rotatable bonds is 10. The van der Waals surface area contributed by atoms with Crippen molar-refractivity contribution >= 4 is 33.9 Å². The highest BCUT2D eigenvalue weighted by molar-refractivity contribution is 7.92. The molecular weight excluding hydrogens is 493 g/mol. The van der Waals surface area contributed by atoms with Gasteiger partial charge < -0.3 is 21.4 Å². The molecular formula is C20H21F3N6O5S. The predicted octanol–water partition coefficient (Wildman–Crippen LogP) is 0.530. The number of carbonyl (C=O) groups is 2. The quantitative estimate of drug-likeness (QED) is 0.117. The largest absolute Gasteiger partial charge is 0.417 e. The molecule has 0 bridgehead atoms. The molecule has 1 amide bonds. The fraction of sp³-hybridized carbons (Fsp3) is 0.200. The van der Waals surface area contributed by atoms with Gasteiger partial charge in [0.1, 0.15) is 12.2 Å². The van der Waals surface area contributed by atoms with Gasteiger partial charge in [-0.2, -0.15) is 13.2 Å². The Bertz CT molecular complexity index is 1320. The van der Waals surface area contributed by atoms with Gasteiger partial charge in [0.05, 0.1) is 16.2 Å². The number of aliphatic imine (C=N–C) groups is 1. The Hall–Kier alpha value is -4.14. The van der Waals surface area contributed by atoms with Gasteiger partial charge in [0, 0.05) is 12.7 Å². The molecule has 0 fully saturated rings. The molecule has 0 saturated carbocycles. The van der Waals surface area contributed by atoms with E-state index in [1.165, 1.54) is 12.1 Å². The number of amides is 1. The maximum Gasteiger partial charge on any atom is 0.417 e. The van der Waals surface area contributed by atoms with Gasteiger partial charge in [-0.3, -0.25) is 24.1 Å². The number of pyridine rings is 1. The highest BCUT2D eigenvalue weighted by atomic mass is 32.2. The molecule has 2 aromatic rings. The fourth-order valence-corrected chi connectivity index (χ4v) is 4.06. The molecule has 188 valence electrons. The first-order chi connectivity index (χ1) is 16.3. The minimum Gasteiger partial charge on any atom is -0.370 e. The van der Waals surface area contributed by atoms with Crippen LogP contribution >= 0.6 is 0 Å². The van der Waals surface area contributed by atoms with Crippen LogP contribution in [0.4, 0.5) is 18.9 Å². The maximum atomic E-state index is 13.2. The third-order valence-electron chi connectivity index (χ3n) is 4.26. The van der Waals surface area contributed by atoms with E-state index >= 15 is 0 Å². The van der Waals surface area contributed by atoms with Crippen molar-refractivity contribution in [2.45, 2.75) is 24.0 Å². The standard InChI is InChI=1S/C20H21F3N6O5S/c21-20(22,23)14-6-1-2-8-16(14)35(33,34)28-15-7-4-10-29(18(15)32)11-17(31)27-13(12-30)5-3-9-26-19(24)25/h1-2,4-8,10,12,28H,3,9,11H2,(H,27,31)(H4,24,25,26)/b13-5+. The van der Waals surface area contributed by atoms with Crippen LogP contribution in [-0.2, 0) is 32.3 Å². The summed E-state index contributed by atoms with van der Waals surface area (Å²) in [6.45, 7) is -0.457. The van der Waals surface area contributed by atoms with Crippen LogP contribution in [0.3, 0.4) is 0 Å². The lowest BCUT2D eigenvalue weighted by Crippen LogP contribution is -2.33. The summed E-state index contributed by atoms with van der Waals surface area (Å²) >= 11 is 0. The SMILES string of the molecule is NC(N)=NCC/C=C(\C=O)NC(=O)Cn1cccc(NS(=O)(=O)c2ccccc2C(F)(F)F)c1=O. The maximum absolute atomic E-state index is 13.2. The summed E-state index contributed by atoms with van der Waals surface area (Å²) in [7, 11) is -4.80. The van der Waals surface area contributed by atoms with Crippen molar-refractivity contribution < 1.29 is 31.2 Å². The number of nitrogens with zero attached hydrogens (tertiary/aromatic N) is 2. The topological polar surface area (TPSA) is 179 Å². The summed E-state index contributed by atoms with van der Waals surface area (Å²) in [5.74, 6) is -0.943. The van der Waals surface area contributed by atoms with E-state index in [0.29, 0.717) is 12.4 Å². The van der Waals surface area contributed by atoms with Crippen LogP contribution in [0.25, 0.3) is 0 Å². The number of sulfonamides is 1. The Kier molecular flexibility index (Phi) is 8.77. The lowest BCUT2D eigenvalue weighted by atomic mass is 10.2. The Morgan fingerprint density at radius 1 is 1.14 bits per heavy atom. The number of aldehydes is 1. The molecule has 0 atom stereocenters. The third-order valence-corrected chi connectivity index (χ3v) is 5.68. The van der Waals surface area contributed by atoms with Gasteiger partial charge >= 0.3 is 6.18 Å².